The summed E-state index contributed by atoms with van der Waals surface area (Å²) in [5.41, 5.74) is 0.443. The quantitative estimate of drug-likeness (QED) is 0.366. The summed E-state index contributed by atoms with van der Waals surface area (Å²) in [7, 11) is 0. The average Bonchev–Trinajstić information content (AvgIpc) is 3.71. The predicted molar refractivity (Wildman–Crippen MR) is 150 cm³/mol. The molecule has 1 aromatic heterocycles. The number of nitrogens with zero attached hydrogens (tertiary/aromatic N) is 2. The number of carbonyl (C=O) groups excluding carboxylic acids is 1. The van der Waals surface area contributed by atoms with Gasteiger partial charge in [0.05, 0.1) is 10.5 Å². The zero-order valence-corrected chi connectivity index (χ0v) is 23.0. The van der Waals surface area contributed by atoms with Gasteiger partial charge in [-0.1, -0.05) is 23.7 Å². The fraction of sp³-hybridized carbons (Fsp3) is 0.400. The first-order valence-corrected chi connectivity index (χ1v) is 13.8. The Morgan fingerprint density at radius 2 is 2.00 bits per heavy atom. The number of halogens is 3. The number of likely N-dealkylation sites (tertiary alicyclic amines) is 1. The van der Waals surface area contributed by atoms with Crippen molar-refractivity contribution in [3.05, 3.63) is 87.2 Å². The van der Waals surface area contributed by atoms with Crippen molar-refractivity contribution in [1.29, 1.82) is 0 Å². The zero-order valence-electron chi connectivity index (χ0n) is 22.2. The van der Waals surface area contributed by atoms with Crippen LogP contribution in [0, 0.1) is 24.5 Å². The van der Waals surface area contributed by atoms with E-state index in [9.17, 15) is 23.5 Å². The number of fused-ring (bicyclic) bond motifs is 1. The molecule has 0 spiro atoms. The minimum absolute atomic E-state index is 0.0253. The monoisotopic (exact) mass is 571 g/mol. The number of β-amino-alcohol motifs (C(OH)–C–C–N with tert-alkyl or cyclic N) is 1. The van der Waals surface area contributed by atoms with Gasteiger partial charge in [0, 0.05) is 49.4 Å². The van der Waals surface area contributed by atoms with Crippen LogP contribution in [0.5, 0.6) is 5.75 Å². The van der Waals surface area contributed by atoms with Crippen LogP contribution < -0.4 is 15.5 Å². The minimum atomic E-state index is -0.762. The number of ether oxygens (including phenoxy) is 1. The maximum Gasteiger partial charge on any atom is 0.256 e. The van der Waals surface area contributed by atoms with Gasteiger partial charge < -0.3 is 24.6 Å². The second-order valence-corrected chi connectivity index (χ2v) is 11.1. The van der Waals surface area contributed by atoms with E-state index in [0.29, 0.717) is 49.3 Å². The number of nitrogens with one attached hydrogen (secondary N) is 1. The van der Waals surface area contributed by atoms with Crippen molar-refractivity contribution in [1.82, 2.24) is 14.8 Å². The van der Waals surface area contributed by atoms with Crippen molar-refractivity contribution in [2.45, 2.75) is 44.4 Å². The highest BCUT2D eigenvalue weighted by Crippen LogP contribution is 2.45. The molecular formula is C30H32ClF2N3O4. The molecule has 7 nitrogen and oxygen atoms in total. The second-order valence-electron chi connectivity index (χ2n) is 10.7. The largest absolute Gasteiger partial charge is 0.491 e. The van der Waals surface area contributed by atoms with E-state index in [1.165, 1.54) is 12.1 Å². The highest BCUT2D eigenvalue weighted by molar-refractivity contribution is 6.31. The molecule has 1 amide bonds. The van der Waals surface area contributed by atoms with Crippen molar-refractivity contribution in [3.63, 3.8) is 0 Å². The molecule has 5 rings (SSSR count). The smallest absolute Gasteiger partial charge is 0.256 e. The number of rotatable bonds is 9. The summed E-state index contributed by atoms with van der Waals surface area (Å²) >= 11 is 6.01. The Bertz CT molecular complexity index is 1500. The lowest BCUT2D eigenvalue weighted by Crippen LogP contribution is -2.47. The molecule has 0 bridgehead atoms. The van der Waals surface area contributed by atoms with Crippen molar-refractivity contribution < 1.29 is 23.4 Å². The zero-order chi connectivity index (χ0) is 28.6. The molecule has 2 N–H and O–H groups in total. The number of allylic oxidation sites excluding steroid dienone is 1. The van der Waals surface area contributed by atoms with E-state index in [0.717, 1.165) is 12.5 Å². The molecule has 1 saturated heterocycles. The Morgan fingerprint density at radius 3 is 2.67 bits per heavy atom. The van der Waals surface area contributed by atoms with Crippen LogP contribution in [0.2, 0.25) is 5.02 Å². The summed E-state index contributed by atoms with van der Waals surface area (Å²) in [5, 5.41) is 13.4. The van der Waals surface area contributed by atoms with E-state index in [-0.39, 0.29) is 46.4 Å². The fourth-order valence-corrected chi connectivity index (χ4v) is 5.44. The number of amides is 1. The van der Waals surface area contributed by atoms with Crippen LogP contribution in [0.1, 0.15) is 41.2 Å². The van der Waals surface area contributed by atoms with Crippen molar-refractivity contribution in [3.8, 4) is 5.75 Å². The predicted octanol–water partition coefficient (Wildman–Crippen LogP) is 4.62. The Labute approximate surface area is 236 Å². The van der Waals surface area contributed by atoms with Crippen molar-refractivity contribution >= 4 is 28.4 Å². The van der Waals surface area contributed by atoms with Gasteiger partial charge >= 0.3 is 0 Å². The molecule has 40 heavy (non-hydrogen) atoms. The third kappa shape index (κ3) is 6.06. The van der Waals surface area contributed by atoms with Gasteiger partial charge in [-0.25, -0.2) is 8.78 Å². The lowest BCUT2D eigenvalue weighted by molar-refractivity contribution is 0.0567. The number of carbonyl (C=O) groups is 1. The molecule has 2 fully saturated rings. The van der Waals surface area contributed by atoms with Crippen molar-refractivity contribution in [2.24, 2.45) is 5.92 Å². The molecule has 1 saturated carbocycles. The van der Waals surface area contributed by atoms with Gasteiger partial charge in [0.25, 0.3) is 5.91 Å². The van der Waals surface area contributed by atoms with Crippen LogP contribution in [-0.2, 0) is 0 Å². The molecule has 3 aromatic rings. The topological polar surface area (TPSA) is 83.8 Å². The van der Waals surface area contributed by atoms with Gasteiger partial charge in [0.1, 0.15) is 35.7 Å². The number of benzene rings is 2. The number of aliphatic hydroxyl groups is 1. The second kappa shape index (κ2) is 11.7. The number of piperidine rings is 1. The summed E-state index contributed by atoms with van der Waals surface area (Å²) < 4.78 is 35.3. The molecule has 2 aliphatic rings. The maximum absolute atomic E-state index is 14.3. The van der Waals surface area contributed by atoms with Gasteiger partial charge in [-0.05, 0) is 55.9 Å². The van der Waals surface area contributed by atoms with E-state index in [4.69, 9.17) is 16.3 Å². The Hall–Kier alpha value is -3.27. The number of aliphatic hydroxyl groups excluding tert-OH is 1. The summed E-state index contributed by atoms with van der Waals surface area (Å²) in [5.74, 6) is -0.998. The summed E-state index contributed by atoms with van der Waals surface area (Å²) in [4.78, 5) is 28.5. The first-order chi connectivity index (χ1) is 19.1. The summed E-state index contributed by atoms with van der Waals surface area (Å²) in [6, 6.07) is 6.99. The molecule has 212 valence electrons. The molecule has 2 heterocycles. The van der Waals surface area contributed by atoms with E-state index < -0.39 is 23.3 Å². The third-order valence-electron chi connectivity index (χ3n) is 7.76. The number of hydrogen-bond donors (Lipinski definition) is 2. The Kier molecular flexibility index (Phi) is 8.26. The van der Waals surface area contributed by atoms with Gasteiger partial charge in [0.15, 0.2) is 0 Å². The van der Waals surface area contributed by atoms with Crippen LogP contribution in [0.15, 0.2) is 54.0 Å². The Morgan fingerprint density at radius 1 is 1.25 bits per heavy atom. The van der Waals surface area contributed by atoms with Crippen molar-refractivity contribution in [2.75, 3.05) is 26.2 Å². The van der Waals surface area contributed by atoms with Crippen LogP contribution >= 0.6 is 11.6 Å². The van der Waals surface area contributed by atoms with E-state index in [1.807, 2.05) is 10.6 Å². The van der Waals surface area contributed by atoms with E-state index in [2.05, 4.69) is 16.8 Å². The Balaban J connectivity index is 1.19. The lowest BCUT2D eigenvalue weighted by Gasteiger charge is -2.33. The van der Waals surface area contributed by atoms with E-state index >= 15 is 0 Å². The highest BCUT2D eigenvalue weighted by atomic mass is 35.5. The molecule has 2 aromatic carbocycles. The molecule has 1 aliphatic heterocycles. The standard InChI is InChI=1S/C30H32ClF2N3O4/c1-3-18-10-27(18)36-15-23(29(38)22-12-26(33)24(31)13-28(22)36)30(39)34-19-6-8-35(9-7-19)14-20(37)16-40-21-5-4-17(2)25(32)11-21/h3-5,11-13,15,18-20,27,37H,1,6-10,14,16H2,2H3,(H,34,39)/t18?,20-,27?/m0/s1. The first kappa shape index (κ1) is 28.3. The van der Waals surface area contributed by atoms with Gasteiger partial charge in [0.2, 0.25) is 5.43 Å². The van der Waals surface area contributed by atoms with E-state index in [1.54, 1.807) is 25.3 Å². The number of hydrogen-bond acceptors (Lipinski definition) is 5. The van der Waals surface area contributed by atoms with Crippen LogP contribution in [0.25, 0.3) is 10.9 Å². The lowest BCUT2D eigenvalue weighted by atomic mass is 10.0. The highest BCUT2D eigenvalue weighted by Gasteiger charge is 2.37. The van der Waals surface area contributed by atoms with Gasteiger partial charge in [-0.3, -0.25) is 9.59 Å². The SMILES string of the molecule is C=CC1CC1n1cc(C(=O)NC2CCN(C[C@H](O)COc3ccc(C)c(F)c3)CC2)c(=O)c2cc(F)c(Cl)cc21. The maximum atomic E-state index is 14.3. The number of aryl methyl sites for hydroxylation is 1. The van der Waals surface area contributed by atoms with Gasteiger partial charge in [-0.2, -0.15) is 0 Å². The minimum Gasteiger partial charge on any atom is -0.491 e. The third-order valence-corrected chi connectivity index (χ3v) is 8.05. The fourth-order valence-electron chi connectivity index (χ4n) is 5.28. The summed E-state index contributed by atoms with van der Waals surface area (Å²) in [6.07, 6.45) is 4.70. The molecule has 0 radical (unpaired) electrons. The average molecular weight is 572 g/mol. The molecule has 10 heteroatoms. The molecule has 1 aliphatic carbocycles. The van der Waals surface area contributed by atoms with Crippen LogP contribution in [0.4, 0.5) is 8.78 Å². The number of aromatic nitrogens is 1. The first-order valence-electron chi connectivity index (χ1n) is 13.4. The normalized spacial score (nSPS) is 20.3. The molecule has 2 unspecified atom stereocenters. The molecular weight excluding hydrogens is 540 g/mol. The van der Waals surface area contributed by atoms with Crippen LogP contribution in [-0.4, -0.2) is 58.9 Å². The van der Waals surface area contributed by atoms with Gasteiger partial charge in [-0.15, -0.1) is 6.58 Å². The summed E-state index contributed by atoms with van der Waals surface area (Å²) in [6.45, 7) is 7.19. The molecule has 3 atom stereocenters. The number of pyridine rings is 1. The van der Waals surface area contributed by atoms with Crippen LogP contribution in [0.3, 0.4) is 0 Å².